The molecule has 3 heterocycles. The van der Waals surface area contributed by atoms with Crippen molar-refractivity contribution in [2.45, 2.75) is 12.6 Å². The molecular weight excluding hydrogens is 326 g/mol. The van der Waals surface area contributed by atoms with Crippen LogP contribution in [0.1, 0.15) is 0 Å². The smallest absolute Gasteiger partial charge is 0.407 e. The molecular formula is C16H17N5O4. The van der Waals surface area contributed by atoms with Gasteiger partial charge in [-0.2, -0.15) is 0 Å². The Bertz CT molecular complexity index is 848. The maximum Gasteiger partial charge on any atom is 0.407 e. The molecule has 1 N–H and O–H groups in total. The van der Waals surface area contributed by atoms with Gasteiger partial charge in [-0.25, -0.2) is 14.6 Å². The molecule has 0 bridgehead atoms. The summed E-state index contributed by atoms with van der Waals surface area (Å²) in [6.45, 7) is 1.33. The van der Waals surface area contributed by atoms with Crippen LogP contribution >= 0.6 is 0 Å². The zero-order valence-corrected chi connectivity index (χ0v) is 13.4. The molecule has 2 fully saturated rings. The van der Waals surface area contributed by atoms with E-state index in [1.54, 1.807) is 6.33 Å². The molecule has 2 aromatic rings. The number of imide groups is 1. The average Bonchev–Trinajstić information content (AvgIpc) is 3.26. The molecule has 0 aliphatic carbocycles. The van der Waals surface area contributed by atoms with Gasteiger partial charge in [0.1, 0.15) is 12.6 Å². The number of rotatable bonds is 5. The van der Waals surface area contributed by atoms with Crippen LogP contribution in [0.25, 0.3) is 11.0 Å². The van der Waals surface area contributed by atoms with Gasteiger partial charge in [-0.1, -0.05) is 12.1 Å². The Morgan fingerprint density at radius 2 is 2.04 bits per heavy atom. The number of carbonyl (C=O) groups is 3. The minimum absolute atomic E-state index is 0.0115. The first-order valence-corrected chi connectivity index (χ1v) is 8.05. The van der Waals surface area contributed by atoms with Gasteiger partial charge in [0.05, 0.1) is 30.5 Å². The monoisotopic (exact) mass is 343 g/mol. The molecule has 1 aromatic carbocycles. The molecule has 1 atom stereocenters. The van der Waals surface area contributed by atoms with Crippen molar-refractivity contribution in [2.75, 3.05) is 26.2 Å². The van der Waals surface area contributed by atoms with Crippen molar-refractivity contribution in [3.05, 3.63) is 30.6 Å². The number of urea groups is 1. The van der Waals surface area contributed by atoms with Crippen LogP contribution in [0.5, 0.6) is 0 Å². The number of ether oxygens (including phenoxy) is 1. The highest BCUT2D eigenvalue weighted by Crippen LogP contribution is 2.15. The minimum atomic E-state index is -0.494. The maximum absolute atomic E-state index is 12.5. The van der Waals surface area contributed by atoms with E-state index < -0.39 is 12.2 Å². The molecule has 2 aliphatic heterocycles. The molecule has 0 saturated carbocycles. The van der Waals surface area contributed by atoms with E-state index in [4.69, 9.17) is 4.74 Å². The fraction of sp³-hybridized carbons (Fsp3) is 0.375. The van der Waals surface area contributed by atoms with Gasteiger partial charge in [0.25, 0.3) is 0 Å². The normalized spacial score (nSPS) is 20.5. The lowest BCUT2D eigenvalue weighted by Crippen LogP contribution is -2.39. The Balaban J connectivity index is 1.40. The highest BCUT2D eigenvalue weighted by Gasteiger charge is 2.38. The Morgan fingerprint density at radius 1 is 1.20 bits per heavy atom. The predicted molar refractivity (Wildman–Crippen MR) is 86.7 cm³/mol. The summed E-state index contributed by atoms with van der Waals surface area (Å²) in [5, 5.41) is 2.53. The SMILES string of the molecule is O=C1NCC(CN2CC(=O)N(CCn3cnc4ccccc43)C2=O)O1. The van der Waals surface area contributed by atoms with Crippen molar-refractivity contribution in [3.63, 3.8) is 0 Å². The van der Waals surface area contributed by atoms with Crippen LogP contribution in [0.3, 0.4) is 0 Å². The number of para-hydroxylation sites is 2. The van der Waals surface area contributed by atoms with Crippen LogP contribution in [-0.4, -0.2) is 69.7 Å². The van der Waals surface area contributed by atoms with E-state index in [-0.39, 0.29) is 31.6 Å². The second-order valence-electron chi connectivity index (χ2n) is 6.04. The molecule has 2 aliphatic rings. The summed E-state index contributed by atoms with van der Waals surface area (Å²) in [6, 6.07) is 7.35. The van der Waals surface area contributed by atoms with E-state index in [9.17, 15) is 14.4 Å². The van der Waals surface area contributed by atoms with Gasteiger partial charge >= 0.3 is 12.1 Å². The molecule has 0 spiro atoms. The molecule has 4 rings (SSSR count). The number of hydrogen-bond acceptors (Lipinski definition) is 5. The van der Waals surface area contributed by atoms with Crippen LogP contribution in [0, 0.1) is 0 Å². The summed E-state index contributed by atoms with van der Waals surface area (Å²) >= 11 is 0. The maximum atomic E-state index is 12.5. The second kappa shape index (κ2) is 6.08. The van der Waals surface area contributed by atoms with E-state index in [0.717, 1.165) is 11.0 Å². The van der Waals surface area contributed by atoms with E-state index in [1.807, 2.05) is 28.8 Å². The molecule has 25 heavy (non-hydrogen) atoms. The lowest BCUT2D eigenvalue weighted by molar-refractivity contribution is -0.125. The number of benzene rings is 1. The van der Waals surface area contributed by atoms with Crippen molar-refractivity contribution >= 4 is 29.1 Å². The van der Waals surface area contributed by atoms with Crippen LogP contribution in [-0.2, 0) is 16.1 Å². The van der Waals surface area contributed by atoms with Gasteiger partial charge in [-0.05, 0) is 12.1 Å². The minimum Gasteiger partial charge on any atom is -0.442 e. The quantitative estimate of drug-likeness (QED) is 0.793. The average molecular weight is 343 g/mol. The van der Waals surface area contributed by atoms with Gasteiger partial charge in [-0.15, -0.1) is 0 Å². The summed E-state index contributed by atoms with van der Waals surface area (Å²) < 4.78 is 6.94. The first-order chi connectivity index (χ1) is 12.1. The third-order valence-electron chi connectivity index (χ3n) is 4.39. The zero-order valence-electron chi connectivity index (χ0n) is 13.4. The van der Waals surface area contributed by atoms with Gasteiger partial charge in [-0.3, -0.25) is 9.69 Å². The summed E-state index contributed by atoms with van der Waals surface area (Å²) in [6.07, 6.45) is 0.797. The van der Waals surface area contributed by atoms with E-state index in [1.165, 1.54) is 9.80 Å². The largest absolute Gasteiger partial charge is 0.442 e. The standard InChI is InChI=1S/C16H17N5O4/c22-14-9-20(8-11-7-17-15(23)25-11)16(24)21(14)6-5-19-10-18-12-3-1-2-4-13(12)19/h1-4,10-11H,5-9H2,(H,17,23). The Kier molecular flexibility index (Phi) is 3.75. The number of fused-ring (bicyclic) bond motifs is 1. The topological polar surface area (TPSA) is 96.8 Å². The number of imidazole rings is 1. The van der Waals surface area contributed by atoms with Crippen LogP contribution in [0.4, 0.5) is 9.59 Å². The highest BCUT2D eigenvalue weighted by molar-refractivity contribution is 6.02. The number of carbonyl (C=O) groups excluding carboxylic acids is 3. The van der Waals surface area contributed by atoms with Gasteiger partial charge in [0.15, 0.2) is 0 Å². The van der Waals surface area contributed by atoms with Crippen LogP contribution < -0.4 is 5.32 Å². The number of aromatic nitrogens is 2. The fourth-order valence-electron chi connectivity index (χ4n) is 3.13. The first kappa shape index (κ1) is 15.4. The molecule has 2 saturated heterocycles. The van der Waals surface area contributed by atoms with Crippen molar-refractivity contribution in [3.8, 4) is 0 Å². The molecule has 1 unspecified atom stereocenters. The number of nitrogens with one attached hydrogen (secondary N) is 1. The van der Waals surface area contributed by atoms with Crippen molar-refractivity contribution in [1.29, 1.82) is 0 Å². The first-order valence-electron chi connectivity index (χ1n) is 8.05. The third kappa shape index (κ3) is 2.88. The van der Waals surface area contributed by atoms with E-state index >= 15 is 0 Å². The van der Waals surface area contributed by atoms with Gasteiger partial charge in [0.2, 0.25) is 5.91 Å². The summed E-state index contributed by atoms with van der Waals surface area (Å²) in [7, 11) is 0. The van der Waals surface area contributed by atoms with E-state index in [2.05, 4.69) is 10.3 Å². The molecule has 0 radical (unpaired) electrons. The summed E-state index contributed by atoms with van der Waals surface area (Å²) in [5.41, 5.74) is 1.83. The third-order valence-corrected chi connectivity index (χ3v) is 4.39. The Morgan fingerprint density at radius 3 is 2.84 bits per heavy atom. The number of amides is 4. The van der Waals surface area contributed by atoms with Crippen molar-refractivity contribution < 1.29 is 19.1 Å². The molecule has 9 heteroatoms. The number of alkyl carbamates (subject to hydrolysis) is 1. The summed E-state index contributed by atoms with van der Waals surface area (Å²) in [4.78, 5) is 42.6. The van der Waals surface area contributed by atoms with Gasteiger partial charge in [0, 0.05) is 13.1 Å². The zero-order chi connectivity index (χ0) is 17.4. The highest BCUT2D eigenvalue weighted by atomic mass is 16.6. The second-order valence-corrected chi connectivity index (χ2v) is 6.04. The molecule has 1 aromatic heterocycles. The molecule has 9 nitrogen and oxygen atoms in total. The van der Waals surface area contributed by atoms with E-state index in [0.29, 0.717) is 13.1 Å². The lowest BCUT2D eigenvalue weighted by Gasteiger charge is -2.19. The Labute approximate surface area is 143 Å². The molecule has 4 amide bonds. The van der Waals surface area contributed by atoms with Gasteiger partial charge < -0.3 is 19.5 Å². The Hall–Kier alpha value is -3.10. The number of nitrogens with zero attached hydrogens (tertiary/aromatic N) is 4. The van der Waals surface area contributed by atoms with Crippen LogP contribution in [0.2, 0.25) is 0 Å². The van der Waals surface area contributed by atoms with Crippen molar-refractivity contribution in [2.24, 2.45) is 0 Å². The predicted octanol–water partition coefficient (Wildman–Crippen LogP) is 0.409. The lowest BCUT2D eigenvalue weighted by atomic mass is 10.3. The molecule has 130 valence electrons. The number of cyclic esters (lactones) is 1. The van der Waals surface area contributed by atoms with Crippen molar-refractivity contribution in [1.82, 2.24) is 24.7 Å². The van der Waals surface area contributed by atoms with Crippen LogP contribution in [0.15, 0.2) is 30.6 Å². The number of hydrogen-bond donors (Lipinski definition) is 1. The summed E-state index contributed by atoms with van der Waals surface area (Å²) in [5.74, 6) is -0.244. The fourth-order valence-corrected chi connectivity index (χ4v) is 3.13.